The topological polar surface area (TPSA) is 92.8 Å². The molecule has 0 spiro atoms. The van der Waals surface area contributed by atoms with Crippen molar-refractivity contribution in [2.75, 3.05) is 23.8 Å². The van der Waals surface area contributed by atoms with Crippen LogP contribution in [0.3, 0.4) is 0 Å². The van der Waals surface area contributed by atoms with Gasteiger partial charge >= 0.3 is 0 Å². The molecule has 7 nitrogen and oxygen atoms in total. The third kappa shape index (κ3) is 4.92. The molecular weight excluding hydrogens is 416 g/mol. The summed E-state index contributed by atoms with van der Waals surface area (Å²) in [5.74, 6) is 0.0975. The lowest BCUT2D eigenvalue weighted by Gasteiger charge is -2.20. The van der Waals surface area contributed by atoms with Gasteiger partial charge in [-0.1, -0.05) is 12.1 Å². The second-order valence-electron chi connectivity index (χ2n) is 6.79. The molecule has 0 aliphatic heterocycles. The number of carbonyl (C=O) groups is 2. The maximum atomic E-state index is 12.9. The Kier molecular flexibility index (Phi) is 6.41. The average molecular weight is 439 g/mol. The minimum Gasteiger partial charge on any atom is -0.497 e. The molecule has 1 N–H and O–H groups in total. The SMILES string of the molecule is COc1ccc(S(=O)(=O)N(C)c2ccc(C(=O)Nc3cccc(C(C)=O)c3)cc2)cc1. The fourth-order valence-corrected chi connectivity index (χ4v) is 4.08. The Morgan fingerprint density at radius 2 is 1.55 bits per heavy atom. The lowest BCUT2D eigenvalue weighted by Crippen LogP contribution is -2.26. The van der Waals surface area contributed by atoms with Crippen molar-refractivity contribution < 1.29 is 22.7 Å². The molecule has 0 aromatic heterocycles. The van der Waals surface area contributed by atoms with Crippen LogP contribution < -0.4 is 14.4 Å². The second-order valence-corrected chi connectivity index (χ2v) is 8.76. The first kappa shape index (κ1) is 22.0. The van der Waals surface area contributed by atoms with Crippen molar-refractivity contribution >= 4 is 33.1 Å². The molecule has 0 atom stereocenters. The van der Waals surface area contributed by atoms with Crippen LogP contribution in [0.4, 0.5) is 11.4 Å². The molecule has 160 valence electrons. The highest BCUT2D eigenvalue weighted by Crippen LogP contribution is 2.24. The van der Waals surface area contributed by atoms with E-state index < -0.39 is 10.0 Å². The maximum absolute atomic E-state index is 12.9. The standard InChI is InChI=1S/C23H22N2O5S/c1-16(26)18-5-4-6-19(15-18)24-23(27)17-7-9-20(10-8-17)25(2)31(28,29)22-13-11-21(30-3)12-14-22/h4-15H,1-3H3,(H,24,27). The van der Waals surface area contributed by atoms with Crippen molar-refractivity contribution in [2.45, 2.75) is 11.8 Å². The second kappa shape index (κ2) is 9.01. The van der Waals surface area contributed by atoms with E-state index >= 15 is 0 Å². The molecule has 0 unspecified atom stereocenters. The van der Waals surface area contributed by atoms with E-state index in [-0.39, 0.29) is 16.6 Å². The first-order chi connectivity index (χ1) is 14.7. The number of amides is 1. The van der Waals surface area contributed by atoms with Gasteiger partial charge in [-0.05, 0) is 67.6 Å². The fraction of sp³-hybridized carbons (Fsp3) is 0.130. The highest BCUT2D eigenvalue weighted by atomic mass is 32.2. The van der Waals surface area contributed by atoms with Gasteiger partial charge < -0.3 is 10.1 Å². The fourth-order valence-electron chi connectivity index (χ4n) is 2.89. The van der Waals surface area contributed by atoms with Gasteiger partial charge in [0.2, 0.25) is 0 Å². The van der Waals surface area contributed by atoms with E-state index in [1.165, 1.54) is 33.2 Å². The number of carbonyl (C=O) groups excluding carboxylic acids is 2. The van der Waals surface area contributed by atoms with Crippen molar-refractivity contribution in [1.82, 2.24) is 0 Å². The summed E-state index contributed by atoms with van der Waals surface area (Å²) >= 11 is 0. The van der Waals surface area contributed by atoms with E-state index in [1.54, 1.807) is 60.7 Å². The molecule has 0 bridgehead atoms. The molecule has 1 amide bonds. The van der Waals surface area contributed by atoms with E-state index in [9.17, 15) is 18.0 Å². The van der Waals surface area contributed by atoms with Crippen LogP contribution in [0.15, 0.2) is 77.7 Å². The Morgan fingerprint density at radius 1 is 0.903 bits per heavy atom. The quantitative estimate of drug-likeness (QED) is 0.564. The Balaban J connectivity index is 1.76. The van der Waals surface area contributed by atoms with Crippen molar-refractivity contribution in [2.24, 2.45) is 0 Å². The molecule has 3 aromatic rings. The summed E-state index contributed by atoms with van der Waals surface area (Å²) in [4.78, 5) is 24.1. The van der Waals surface area contributed by atoms with E-state index in [0.29, 0.717) is 28.3 Å². The Labute approximate surface area is 181 Å². The van der Waals surface area contributed by atoms with Gasteiger partial charge in [-0.25, -0.2) is 8.42 Å². The smallest absolute Gasteiger partial charge is 0.264 e. The summed E-state index contributed by atoms with van der Waals surface area (Å²) in [6.45, 7) is 1.45. The Hall–Kier alpha value is -3.65. The molecule has 3 aromatic carbocycles. The van der Waals surface area contributed by atoms with Crippen LogP contribution >= 0.6 is 0 Å². The number of ether oxygens (including phenoxy) is 1. The molecule has 0 aliphatic carbocycles. The largest absolute Gasteiger partial charge is 0.497 e. The summed E-state index contributed by atoms with van der Waals surface area (Å²) in [5.41, 5.74) is 1.76. The van der Waals surface area contributed by atoms with Crippen LogP contribution in [0.25, 0.3) is 0 Å². The van der Waals surface area contributed by atoms with Crippen LogP contribution in [0.1, 0.15) is 27.6 Å². The number of nitrogens with one attached hydrogen (secondary N) is 1. The molecule has 0 saturated carbocycles. The van der Waals surface area contributed by atoms with E-state index in [1.807, 2.05) is 0 Å². The normalized spacial score (nSPS) is 10.9. The number of benzene rings is 3. The zero-order valence-electron chi connectivity index (χ0n) is 17.3. The van der Waals surface area contributed by atoms with Crippen molar-refractivity contribution in [3.8, 4) is 5.75 Å². The third-order valence-electron chi connectivity index (χ3n) is 4.74. The summed E-state index contributed by atoms with van der Waals surface area (Å²) in [6, 6.07) is 19.0. The van der Waals surface area contributed by atoms with Crippen LogP contribution in [0.5, 0.6) is 5.75 Å². The Bertz CT molecular complexity index is 1200. The van der Waals surface area contributed by atoms with Gasteiger partial charge in [0.15, 0.2) is 5.78 Å². The molecule has 0 aliphatic rings. The van der Waals surface area contributed by atoms with Crippen LogP contribution in [0.2, 0.25) is 0 Å². The van der Waals surface area contributed by atoms with E-state index in [0.717, 1.165) is 4.31 Å². The summed E-state index contributed by atoms with van der Waals surface area (Å²) in [5, 5.41) is 2.73. The van der Waals surface area contributed by atoms with Crippen LogP contribution in [-0.4, -0.2) is 34.3 Å². The van der Waals surface area contributed by atoms with Gasteiger partial charge in [0.25, 0.3) is 15.9 Å². The van der Waals surface area contributed by atoms with Gasteiger partial charge in [-0.2, -0.15) is 0 Å². The number of anilines is 2. The molecule has 8 heteroatoms. The highest BCUT2D eigenvalue weighted by Gasteiger charge is 2.21. The zero-order valence-corrected chi connectivity index (χ0v) is 18.1. The number of hydrogen-bond acceptors (Lipinski definition) is 5. The first-order valence-corrected chi connectivity index (χ1v) is 10.8. The first-order valence-electron chi connectivity index (χ1n) is 9.38. The number of Topliss-reactive ketones (excluding diaryl/α,β-unsaturated/α-hetero) is 1. The molecule has 31 heavy (non-hydrogen) atoms. The molecule has 0 heterocycles. The molecule has 3 rings (SSSR count). The summed E-state index contributed by atoms with van der Waals surface area (Å²) in [7, 11) is -0.813. The molecular formula is C23H22N2O5S. The third-order valence-corrected chi connectivity index (χ3v) is 6.54. The summed E-state index contributed by atoms with van der Waals surface area (Å²) in [6.07, 6.45) is 0. The minimum atomic E-state index is -3.77. The van der Waals surface area contributed by atoms with E-state index in [4.69, 9.17) is 4.74 Å². The molecule has 0 radical (unpaired) electrons. The lowest BCUT2D eigenvalue weighted by molar-refractivity contribution is 0.101. The van der Waals surface area contributed by atoms with Gasteiger partial charge in [0, 0.05) is 23.9 Å². The maximum Gasteiger partial charge on any atom is 0.264 e. The number of methoxy groups -OCH3 is 1. The molecule has 0 saturated heterocycles. The number of hydrogen-bond donors (Lipinski definition) is 1. The minimum absolute atomic E-state index is 0.0958. The van der Waals surface area contributed by atoms with E-state index in [2.05, 4.69) is 5.32 Å². The highest BCUT2D eigenvalue weighted by molar-refractivity contribution is 7.92. The van der Waals surface area contributed by atoms with Crippen LogP contribution in [0, 0.1) is 0 Å². The summed E-state index contributed by atoms with van der Waals surface area (Å²) < 4.78 is 31.9. The number of nitrogens with zero attached hydrogens (tertiary/aromatic N) is 1. The number of rotatable bonds is 7. The van der Waals surface area contributed by atoms with Crippen molar-refractivity contribution in [3.05, 3.63) is 83.9 Å². The predicted octanol–water partition coefficient (Wildman–Crippen LogP) is 3.98. The van der Waals surface area contributed by atoms with Crippen molar-refractivity contribution in [3.63, 3.8) is 0 Å². The monoisotopic (exact) mass is 438 g/mol. The Morgan fingerprint density at radius 3 is 2.13 bits per heavy atom. The number of ketones is 1. The van der Waals surface area contributed by atoms with Gasteiger partial charge in [-0.3, -0.25) is 13.9 Å². The van der Waals surface area contributed by atoms with Crippen LogP contribution in [-0.2, 0) is 10.0 Å². The average Bonchev–Trinajstić information content (AvgIpc) is 2.78. The lowest BCUT2D eigenvalue weighted by atomic mass is 10.1. The van der Waals surface area contributed by atoms with Gasteiger partial charge in [-0.15, -0.1) is 0 Å². The number of sulfonamides is 1. The van der Waals surface area contributed by atoms with Crippen molar-refractivity contribution in [1.29, 1.82) is 0 Å². The zero-order chi connectivity index (χ0) is 22.6. The molecule has 0 fully saturated rings. The van der Waals surface area contributed by atoms with Gasteiger partial charge in [0.1, 0.15) is 5.75 Å². The van der Waals surface area contributed by atoms with Gasteiger partial charge in [0.05, 0.1) is 17.7 Å². The predicted molar refractivity (Wildman–Crippen MR) is 119 cm³/mol.